The second-order valence-corrected chi connectivity index (χ2v) is 6.73. The molecule has 0 bridgehead atoms. The maximum Gasteiger partial charge on any atom is 0.249 e. The summed E-state index contributed by atoms with van der Waals surface area (Å²) in [5.74, 6) is -0.258. The van der Waals surface area contributed by atoms with Gasteiger partial charge in [-0.1, -0.05) is 30.3 Å². The van der Waals surface area contributed by atoms with Gasteiger partial charge in [0.05, 0.1) is 12.7 Å². The smallest absolute Gasteiger partial charge is 0.249 e. The van der Waals surface area contributed by atoms with Crippen molar-refractivity contribution in [3.63, 3.8) is 0 Å². The van der Waals surface area contributed by atoms with Crippen LogP contribution < -0.4 is 0 Å². The van der Waals surface area contributed by atoms with Gasteiger partial charge < -0.3 is 25.3 Å². The van der Waals surface area contributed by atoms with E-state index in [1.807, 2.05) is 30.3 Å². The van der Waals surface area contributed by atoms with Gasteiger partial charge in [-0.25, -0.2) is 0 Å². The maximum absolute atomic E-state index is 12.7. The summed E-state index contributed by atoms with van der Waals surface area (Å²) >= 11 is 0. The molecule has 1 aliphatic heterocycles. The monoisotopic (exact) mass is 333 g/mol. The summed E-state index contributed by atoms with van der Waals surface area (Å²) in [4.78, 5) is 14.4. The van der Waals surface area contributed by atoms with Gasteiger partial charge in [-0.2, -0.15) is 0 Å². The summed E-state index contributed by atoms with van der Waals surface area (Å²) in [6.07, 6.45) is -1.66. The van der Waals surface area contributed by atoms with Crippen LogP contribution >= 0.6 is 0 Å². The largest absolute Gasteiger partial charge is 0.395 e. The number of likely N-dealkylation sites (tertiary alicyclic amines) is 1. The van der Waals surface area contributed by atoms with E-state index in [0.29, 0.717) is 25.1 Å². The molecule has 6 nitrogen and oxygen atoms in total. The third-order valence-corrected chi connectivity index (χ3v) is 5.15. The summed E-state index contributed by atoms with van der Waals surface area (Å²) in [5, 5.41) is 39.0. The first-order valence-corrected chi connectivity index (χ1v) is 8.17. The Balaban J connectivity index is 1.78. The zero-order valence-electron chi connectivity index (χ0n) is 13.4. The minimum absolute atomic E-state index is 0.0189. The summed E-state index contributed by atoms with van der Waals surface area (Å²) in [7, 11) is 0. The minimum atomic E-state index is -1.26. The van der Waals surface area contributed by atoms with Crippen molar-refractivity contribution >= 4 is 5.91 Å². The molecule has 1 aliphatic carbocycles. The van der Waals surface area contributed by atoms with Gasteiger partial charge >= 0.3 is 0 Å². The molecular formula is C18H23NO5. The summed E-state index contributed by atoms with van der Waals surface area (Å²) < 4.78 is 0. The van der Waals surface area contributed by atoms with Crippen molar-refractivity contribution in [3.05, 3.63) is 47.5 Å². The first kappa shape index (κ1) is 17.1. The fourth-order valence-electron chi connectivity index (χ4n) is 3.60. The Morgan fingerprint density at radius 3 is 2.54 bits per heavy atom. The molecule has 1 unspecified atom stereocenters. The van der Waals surface area contributed by atoms with E-state index >= 15 is 0 Å². The average molecular weight is 333 g/mol. The van der Waals surface area contributed by atoms with E-state index in [2.05, 4.69) is 0 Å². The van der Waals surface area contributed by atoms with Crippen molar-refractivity contribution in [1.29, 1.82) is 0 Å². The number of aliphatic hydroxyl groups is 4. The predicted molar refractivity (Wildman–Crippen MR) is 87.1 cm³/mol. The predicted octanol–water partition coefficient (Wildman–Crippen LogP) is -0.438. The Morgan fingerprint density at radius 1 is 1.21 bits per heavy atom. The van der Waals surface area contributed by atoms with Gasteiger partial charge in [0.25, 0.3) is 0 Å². The van der Waals surface area contributed by atoms with E-state index in [1.165, 1.54) is 6.08 Å². The molecule has 130 valence electrons. The molecule has 0 aromatic heterocycles. The number of amides is 1. The van der Waals surface area contributed by atoms with Gasteiger partial charge in [0, 0.05) is 30.5 Å². The van der Waals surface area contributed by atoms with E-state index < -0.39 is 23.7 Å². The molecule has 2 aliphatic rings. The van der Waals surface area contributed by atoms with Crippen molar-refractivity contribution < 1.29 is 25.2 Å². The fourth-order valence-corrected chi connectivity index (χ4v) is 3.60. The third kappa shape index (κ3) is 2.98. The zero-order chi connectivity index (χ0) is 17.3. The number of carbonyl (C=O) groups excluding carboxylic acids is 1. The van der Waals surface area contributed by atoms with Crippen molar-refractivity contribution in [1.82, 2.24) is 4.90 Å². The second kappa shape index (κ2) is 6.64. The van der Waals surface area contributed by atoms with E-state index in [9.17, 15) is 25.2 Å². The molecule has 1 amide bonds. The topological polar surface area (TPSA) is 101 Å². The Morgan fingerprint density at radius 2 is 1.92 bits per heavy atom. The van der Waals surface area contributed by atoms with Crippen molar-refractivity contribution in [3.8, 4) is 0 Å². The van der Waals surface area contributed by atoms with Gasteiger partial charge in [-0.3, -0.25) is 4.79 Å². The van der Waals surface area contributed by atoms with Crippen LogP contribution in [-0.2, 0) is 10.2 Å². The SMILES string of the molecule is O=C(C1=C[C@@H](O)[C@@H](O)[C@H](O)C1)N1CCC(CO)(c2ccccc2)C1. The van der Waals surface area contributed by atoms with Crippen LogP contribution in [0.5, 0.6) is 0 Å². The quantitative estimate of drug-likeness (QED) is 0.601. The Hall–Kier alpha value is -1.73. The average Bonchev–Trinajstić information content (AvgIpc) is 3.05. The number of rotatable bonds is 3. The van der Waals surface area contributed by atoms with Crippen molar-refractivity contribution in [2.75, 3.05) is 19.7 Å². The van der Waals surface area contributed by atoms with E-state index in [-0.39, 0.29) is 18.9 Å². The molecule has 1 heterocycles. The van der Waals surface area contributed by atoms with Crippen LogP contribution in [0.1, 0.15) is 18.4 Å². The van der Waals surface area contributed by atoms with Crippen LogP contribution in [0.2, 0.25) is 0 Å². The van der Waals surface area contributed by atoms with Crippen LogP contribution in [0.15, 0.2) is 42.0 Å². The van der Waals surface area contributed by atoms with Gasteiger partial charge in [0.2, 0.25) is 5.91 Å². The maximum atomic E-state index is 12.7. The lowest BCUT2D eigenvalue weighted by molar-refractivity contribution is -0.128. The number of hydrogen-bond acceptors (Lipinski definition) is 5. The van der Waals surface area contributed by atoms with Gasteiger partial charge in [0.15, 0.2) is 0 Å². The van der Waals surface area contributed by atoms with E-state index in [0.717, 1.165) is 5.56 Å². The number of nitrogens with zero attached hydrogens (tertiary/aromatic N) is 1. The molecule has 6 heteroatoms. The van der Waals surface area contributed by atoms with Crippen LogP contribution in [0.4, 0.5) is 0 Å². The molecule has 4 N–H and O–H groups in total. The molecule has 1 saturated heterocycles. The molecule has 1 fully saturated rings. The highest BCUT2D eigenvalue weighted by Crippen LogP contribution is 2.35. The van der Waals surface area contributed by atoms with Crippen LogP contribution in [0, 0.1) is 0 Å². The van der Waals surface area contributed by atoms with Crippen LogP contribution in [0.3, 0.4) is 0 Å². The van der Waals surface area contributed by atoms with Crippen molar-refractivity contribution in [2.24, 2.45) is 0 Å². The lowest BCUT2D eigenvalue weighted by atomic mass is 9.80. The van der Waals surface area contributed by atoms with E-state index in [1.54, 1.807) is 4.90 Å². The normalized spacial score (nSPS) is 33.4. The molecular weight excluding hydrogens is 310 g/mol. The highest BCUT2D eigenvalue weighted by molar-refractivity contribution is 5.94. The number of hydrogen-bond donors (Lipinski definition) is 4. The molecule has 1 aromatic carbocycles. The summed E-state index contributed by atoms with van der Waals surface area (Å²) in [5.41, 5.74) is 0.820. The first-order chi connectivity index (χ1) is 11.5. The Labute approximate surface area is 140 Å². The van der Waals surface area contributed by atoms with E-state index in [4.69, 9.17) is 0 Å². The van der Waals surface area contributed by atoms with Gasteiger partial charge in [-0.05, 0) is 18.1 Å². The first-order valence-electron chi connectivity index (χ1n) is 8.17. The number of aliphatic hydroxyl groups excluding tert-OH is 4. The standard InChI is InChI=1S/C18H23NO5/c20-11-18(13-4-2-1-3-5-13)6-7-19(10-18)17(24)12-8-14(21)16(23)15(22)9-12/h1-5,8,14-16,20-23H,6-7,9-11H2/t14-,15-,16-,18?/m1/s1. The molecule has 24 heavy (non-hydrogen) atoms. The molecule has 4 atom stereocenters. The Kier molecular flexibility index (Phi) is 4.73. The molecule has 1 aromatic rings. The number of carbonyl (C=O) groups is 1. The highest BCUT2D eigenvalue weighted by atomic mass is 16.4. The zero-order valence-corrected chi connectivity index (χ0v) is 13.4. The molecule has 0 spiro atoms. The lowest BCUT2D eigenvalue weighted by Gasteiger charge is -2.30. The highest BCUT2D eigenvalue weighted by Gasteiger charge is 2.42. The lowest BCUT2D eigenvalue weighted by Crippen LogP contribution is -2.43. The van der Waals surface area contributed by atoms with Crippen LogP contribution in [-0.4, -0.2) is 69.2 Å². The molecule has 0 saturated carbocycles. The van der Waals surface area contributed by atoms with Crippen LogP contribution in [0.25, 0.3) is 0 Å². The molecule has 3 rings (SSSR count). The van der Waals surface area contributed by atoms with Gasteiger partial charge in [-0.15, -0.1) is 0 Å². The summed E-state index contributed by atoms with van der Waals surface area (Å²) in [6, 6.07) is 9.64. The summed E-state index contributed by atoms with van der Waals surface area (Å²) in [6.45, 7) is 0.836. The minimum Gasteiger partial charge on any atom is -0.395 e. The van der Waals surface area contributed by atoms with Crippen molar-refractivity contribution in [2.45, 2.75) is 36.6 Å². The molecule has 0 radical (unpaired) electrons. The number of benzene rings is 1. The Bertz CT molecular complexity index is 632. The van der Waals surface area contributed by atoms with Gasteiger partial charge in [0.1, 0.15) is 12.2 Å². The fraction of sp³-hybridized carbons (Fsp3) is 0.500. The second-order valence-electron chi connectivity index (χ2n) is 6.73. The third-order valence-electron chi connectivity index (χ3n) is 5.15.